The number of halogens is 1. The number of benzene rings is 2. The third-order valence-corrected chi connectivity index (χ3v) is 3.19. The van der Waals surface area contributed by atoms with E-state index in [9.17, 15) is 14.0 Å². The van der Waals surface area contributed by atoms with Crippen molar-refractivity contribution in [2.45, 2.75) is 32.9 Å². The van der Waals surface area contributed by atoms with Crippen LogP contribution in [0.5, 0.6) is 0 Å². The zero-order chi connectivity index (χ0) is 18.4. The van der Waals surface area contributed by atoms with Gasteiger partial charge in [0.15, 0.2) is 0 Å². The molecule has 0 saturated heterocycles. The molecule has 25 heavy (non-hydrogen) atoms. The SMILES string of the molecule is CC(C)(C)OC(=O)Nc1ccc(C(=O)NCc2ccccc2F)cc1. The Morgan fingerprint density at radius 2 is 1.68 bits per heavy atom. The second-order valence-corrected chi connectivity index (χ2v) is 6.48. The van der Waals surface area contributed by atoms with Crippen LogP contribution in [0.25, 0.3) is 0 Å². The van der Waals surface area contributed by atoms with Crippen molar-refractivity contribution in [3.63, 3.8) is 0 Å². The monoisotopic (exact) mass is 344 g/mol. The topological polar surface area (TPSA) is 67.4 Å². The molecule has 6 heteroatoms. The van der Waals surface area contributed by atoms with Gasteiger partial charge in [-0.1, -0.05) is 18.2 Å². The van der Waals surface area contributed by atoms with Gasteiger partial charge in [0.25, 0.3) is 5.91 Å². The number of hydrogen-bond donors (Lipinski definition) is 2. The van der Waals surface area contributed by atoms with E-state index < -0.39 is 11.7 Å². The molecule has 2 aromatic carbocycles. The van der Waals surface area contributed by atoms with E-state index in [-0.39, 0.29) is 18.3 Å². The molecular weight excluding hydrogens is 323 g/mol. The molecule has 0 bridgehead atoms. The molecule has 2 N–H and O–H groups in total. The molecule has 2 rings (SSSR count). The molecule has 5 nitrogen and oxygen atoms in total. The molecule has 0 radical (unpaired) electrons. The normalized spacial score (nSPS) is 10.9. The van der Waals surface area contributed by atoms with E-state index in [0.717, 1.165) is 0 Å². The molecule has 2 aromatic rings. The molecule has 0 aliphatic heterocycles. The summed E-state index contributed by atoms with van der Waals surface area (Å²) >= 11 is 0. The summed E-state index contributed by atoms with van der Waals surface area (Å²) < 4.78 is 18.7. The summed E-state index contributed by atoms with van der Waals surface area (Å²) in [5.41, 5.74) is 0.751. The Morgan fingerprint density at radius 3 is 2.28 bits per heavy atom. The maximum absolute atomic E-state index is 13.5. The molecule has 0 saturated carbocycles. The van der Waals surface area contributed by atoms with Gasteiger partial charge < -0.3 is 10.1 Å². The molecule has 2 amide bonds. The first-order valence-electron chi connectivity index (χ1n) is 7.86. The summed E-state index contributed by atoms with van der Waals surface area (Å²) in [6, 6.07) is 12.6. The first-order chi connectivity index (χ1) is 11.7. The minimum atomic E-state index is -0.587. The number of carbonyl (C=O) groups is 2. The van der Waals surface area contributed by atoms with Crippen molar-refractivity contribution >= 4 is 17.7 Å². The molecule has 132 valence electrons. The standard InChI is InChI=1S/C19H21FN2O3/c1-19(2,3)25-18(24)22-15-10-8-13(9-11-15)17(23)21-12-14-6-4-5-7-16(14)20/h4-11H,12H2,1-3H3,(H,21,23)(H,22,24). The maximum Gasteiger partial charge on any atom is 0.412 e. The molecule has 0 spiro atoms. The van der Waals surface area contributed by atoms with Crippen molar-refractivity contribution in [1.82, 2.24) is 5.32 Å². The second-order valence-electron chi connectivity index (χ2n) is 6.48. The number of amides is 2. The van der Waals surface area contributed by atoms with E-state index in [4.69, 9.17) is 4.74 Å². The van der Waals surface area contributed by atoms with Gasteiger partial charge in [0.05, 0.1) is 0 Å². The van der Waals surface area contributed by atoms with Gasteiger partial charge in [0, 0.05) is 23.4 Å². The number of nitrogens with one attached hydrogen (secondary N) is 2. The summed E-state index contributed by atoms with van der Waals surface area (Å²) in [5, 5.41) is 5.24. The van der Waals surface area contributed by atoms with Gasteiger partial charge in [0.2, 0.25) is 0 Å². The third kappa shape index (κ3) is 5.91. The van der Waals surface area contributed by atoms with Crippen LogP contribution in [0.3, 0.4) is 0 Å². The Hall–Kier alpha value is -2.89. The Labute approximate surface area is 146 Å². The van der Waals surface area contributed by atoms with Gasteiger partial charge >= 0.3 is 6.09 Å². The smallest absolute Gasteiger partial charge is 0.412 e. The fourth-order valence-corrected chi connectivity index (χ4v) is 2.05. The van der Waals surface area contributed by atoms with Crippen molar-refractivity contribution in [3.05, 3.63) is 65.5 Å². The average molecular weight is 344 g/mol. The zero-order valence-electron chi connectivity index (χ0n) is 14.4. The lowest BCUT2D eigenvalue weighted by atomic mass is 10.1. The minimum absolute atomic E-state index is 0.101. The van der Waals surface area contributed by atoms with Crippen molar-refractivity contribution in [2.24, 2.45) is 0 Å². The Balaban J connectivity index is 1.92. The van der Waals surface area contributed by atoms with Gasteiger partial charge in [-0.15, -0.1) is 0 Å². The van der Waals surface area contributed by atoms with E-state index in [2.05, 4.69) is 10.6 Å². The van der Waals surface area contributed by atoms with Gasteiger partial charge in [-0.3, -0.25) is 10.1 Å². The lowest BCUT2D eigenvalue weighted by molar-refractivity contribution is 0.0635. The van der Waals surface area contributed by atoms with E-state index in [1.807, 2.05) is 0 Å². The Kier molecular flexibility index (Phi) is 5.75. The summed E-state index contributed by atoms with van der Waals surface area (Å²) in [6.45, 7) is 5.42. The largest absolute Gasteiger partial charge is 0.444 e. The van der Waals surface area contributed by atoms with Crippen LogP contribution in [-0.4, -0.2) is 17.6 Å². The highest BCUT2D eigenvalue weighted by Crippen LogP contribution is 2.13. The van der Waals surface area contributed by atoms with Crippen LogP contribution in [-0.2, 0) is 11.3 Å². The lowest BCUT2D eigenvalue weighted by Gasteiger charge is -2.19. The van der Waals surface area contributed by atoms with Gasteiger partial charge in [-0.2, -0.15) is 0 Å². The Morgan fingerprint density at radius 1 is 1.04 bits per heavy atom. The molecule has 0 aliphatic rings. The molecule has 0 aliphatic carbocycles. The quantitative estimate of drug-likeness (QED) is 0.877. The first-order valence-corrected chi connectivity index (χ1v) is 7.86. The number of hydrogen-bond acceptors (Lipinski definition) is 3. The minimum Gasteiger partial charge on any atom is -0.444 e. The summed E-state index contributed by atoms with van der Waals surface area (Å²) in [7, 11) is 0. The summed E-state index contributed by atoms with van der Waals surface area (Å²) in [4.78, 5) is 23.8. The van der Waals surface area contributed by atoms with E-state index in [0.29, 0.717) is 16.8 Å². The van der Waals surface area contributed by atoms with Crippen molar-refractivity contribution in [3.8, 4) is 0 Å². The van der Waals surface area contributed by atoms with Crippen molar-refractivity contribution < 1.29 is 18.7 Å². The fourth-order valence-electron chi connectivity index (χ4n) is 2.05. The number of anilines is 1. The van der Waals surface area contributed by atoms with E-state index >= 15 is 0 Å². The fraction of sp³-hybridized carbons (Fsp3) is 0.263. The van der Waals surface area contributed by atoms with E-state index in [1.54, 1.807) is 63.2 Å². The molecule has 0 aromatic heterocycles. The third-order valence-electron chi connectivity index (χ3n) is 3.19. The predicted molar refractivity (Wildman–Crippen MR) is 93.9 cm³/mol. The van der Waals surface area contributed by atoms with Crippen LogP contribution in [0.1, 0.15) is 36.7 Å². The second kappa shape index (κ2) is 7.79. The highest BCUT2D eigenvalue weighted by Gasteiger charge is 2.16. The van der Waals surface area contributed by atoms with Crippen LogP contribution < -0.4 is 10.6 Å². The highest BCUT2D eigenvalue weighted by atomic mass is 19.1. The van der Waals surface area contributed by atoms with E-state index in [1.165, 1.54) is 6.07 Å². The maximum atomic E-state index is 13.5. The number of carbonyl (C=O) groups excluding carboxylic acids is 2. The van der Waals surface area contributed by atoms with Crippen LogP contribution >= 0.6 is 0 Å². The number of ether oxygens (including phenoxy) is 1. The number of rotatable bonds is 4. The summed E-state index contributed by atoms with van der Waals surface area (Å²) in [5.74, 6) is -0.688. The molecule has 0 unspecified atom stereocenters. The Bertz CT molecular complexity index is 752. The van der Waals surface area contributed by atoms with Crippen LogP contribution in [0.4, 0.5) is 14.9 Å². The lowest BCUT2D eigenvalue weighted by Crippen LogP contribution is -2.27. The summed E-state index contributed by atoms with van der Waals surface area (Å²) in [6.07, 6.45) is -0.566. The predicted octanol–water partition coefficient (Wildman–Crippen LogP) is 4.10. The molecule has 0 fully saturated rings. The molecule has 0 heterocycles. The average Bonchev–Trinajstić information content (AvgIpc) is 2.52. The zero-order valence-corrected chi connectivity index (χ0v) is 14.4. The molecule has 0 atom stereocenters. The van der Waals surface area contributed by atoms with Crippen LogP contribution in [0.15, 0.2) is 48.5 Å². The molecular formula is C19H21FN2O3. The van der Waals surface area contributed by atoms with Crippen molar-refractivity contribution in [2.75, 3.05) is 5.32 Å². The van der Waals surface area contributed by atoms with Gasteiger partial charge in [0.1, 0.15) is 11.4 Å². The van der Waals surface area contributed by atoms with Gasteiger partial charge in [-0.05, 0) is 51.1 Å². The first kappa shape index (κ1) is 18.4. The van der Waals surface area contributed by atoms with Crippen LogP contribution in [0, 0.1) is 5.82 Å². The van der Waals surface area contributed by atoms with Gasteiger partial charge in [-0.25, -0.2) is 9.18 Å². The highest BCUT2D eigenvalue weighted by molar-refractivity contribution is 5.95. The van der Waals surface area contributed by atoms with Crippen LogP contribution in [0.2, 0.25) is 0 Å². The van der Waals surface area contributed by atoms with Crippen molar-refractivity contribution in [1.29, 1.82) is 0 Å².